The lowest BCUT2D eigenvalue weighted by Gasteiger charge is -2.26. The molecule has 0 aliphatic rings. The summed E-state index contributed by atoms with van der Waals surface area (Å²) in [5.74, 6) is -0.275. The SMILES string of the molecule is CC/C=C\CCOC(=O)CCCN(CCCN(C)C)C(=O)OC(CCCCCCCCC(=O)OC(CCCCCC)CCCCCC)CCCCCCCCC(=O)OC(CCCCCC)CCCCCC. The van der Waals surface area contributed by atoms with E-state index in [1.54, 1.807) is 4.90 Å². The van der Waals surface area contributed by atoms with Crippen LogP contribution in [-0.4, -0.2) is 92.4 Å². The van der Waals surface area contributed by atoms with Gasteiger partial charge in [-0.15, -0.1) is 0 Å². The number of hydrogen-bond acceptors (Lipinski definition) is 9. The van der Waals surface area contributed by atoms with Gasteiger partial charge in [0.25, 0.3) is 0 Å². The molecule has 0 bridgehead atoms. The molecule has 0 aliphatic heterocycles. The molecule has 10 heteroatoms. The summed E-state index contributed by atoms with van der Waals surface area (Å²) in [4.78, 5) is 55.9. The Morgan fingerprint density at radius 2 is 0.732 bits per heavy atom. The molecule has 418 valence electrons. The van der Waals surface area contributed by atoms with Gasteiger partial charge in [0, 0.05) is 32.4 Å². The Balaban J connectivity index is 5.19. The second-order valence-corrected chi connectivity index (χ2v) is 21.1. The van der Waals surface area contributed by atoms with Crippen molar-refractivity contribution in [3.63, 3.8) is 0 Å². The average Bonchev–Trinajstić information content (AvgIpc) is 3.34. The molecule has 0 fully saturated rings. The number of rotatable bonds is 53. The largest absolute Gasteiger partial charge is 0.465 e. The molecule has 0 aromatic carbocycles. The smallest absolute Gasteiger partial charge is 0.410 e. The summed E-state index contributed by atoms with van der Waals surface area (Å²) in [6.07, 6.45) is 45.4. The summed E-state index contributed by atoms with van der Waals surface area (Å²) in [6, 6.07) is 0. The molecule has 10 nitrogen and oxygen atoms in total. The van der Waals surface area contributed by atoms with Crippen molar-refractivity contribution in [2.24, 2.45) is 0 Å². The van der Waals surface area contributed by atoms with Gasteiger partial charge in [-0.3, -0.25) is 14.4 Å². The maximum Gasteiger partial charge on any atom is 0.410 e. The number of amides is 1. The van der Waals surface area contributed by atoms with Crippen LogP contribution in [0, 0.1) is 0 Å². The third kappa shape index (κ3) is 46.9. The first-order valence-corrected chi connectivity index (χ1v) is 30.4. The number of carbonyl (C=O) groups is 4. The van der Waals surface area contributed by atoms with Gasteiger partial charge in [0.05, 0.1) is 6.61 Å². The van der Waals surface area contributed by atoms with E-state index < -0.39 is 0 Å². The highest BCUT2D eigenvalue weighted by molar-refractivity contribution is 5.70. The summed E-state index contributed by atoms with van der Waals surface area (Å²) >= 11 is 0. The Labute approximate surface area is 439 Å². The Morgan fingerprint density at radius 1 is 0.380 bits per heavy atom. The predicted octanol–water partition coefficient (Wildman–Crippen LogP) is 17.4. The minimum atomic E-state index is -0.279. The monoisotopic (exact) mass is 1000 g/mol. The highest BCUT2D eigenvalue weighted by atomic mass is 16.6. The van der Waals surface area contributed by atoms with E-state index in [1.165, 1.54) is 77.0 Å². The molecule has 0 aliphatic carbocycles. The van der Waals surface area contributed by atoms with Gasteiger partial charge in [0.2, 0.25) is 0 Å². The summed E-state index contributed by atoms with van der Waals surface area (Å²) in [5.41, 5.74) is 0. The Morgan fingerprint density at radius 3 is 1.13 bits per heavy atom. The second-order valence-electron chi connectivity index (χ2n) is 21.1. The topological polar surface area (TPSA) is 112 Å². The quantitative estimate of drug-likeness (QED) is 0.0254. The zero-order chi connectivity index (χ0) is 52.3. The first-order chi connectivity index (χ1) is 34.6. The van der Waals surface area contributed by atoms with Crippen LogP contribution in [0.4, 0.5) is 4.79 Å². The number of nitrogens with zero attached hydrogens (tertiary/aromatic N) is 2. The normalized spacial score (nSPS) is 11.7. The van der Waals surface area contributed by atoms with Crippen LogP contribution in [0.15, 0.2) is 12.2 Å². The Hall–Kier alpha value is -2.62. The van der Waals surface area contributed by atoms with Gasteiger partial charge in [-0.2, -0.15) is 0 Å². The zero-order valence-corrected chi connectivity index (χ0v) is 47.9. The van der Waals surface area contributed by atoms with Crippen molar-refractivity contribution in [2.45, 2.75) is 316 Å². The maximum absolute atomic E-state index is 13.8. The van der Waals surface area contributed by atoms with Crippen LogP contribution in [0.5, 0.6) is 0 Å². The molecule has 0 saturated carbocycles. The van der Waals surface area contributed by atoms with E-state index in [0.29, 0.717) is 39.0 Å². The number of allylic oxidation sites excluding steroid dienone is 1. The van der Waals surface area contributed by atoms with Crippen LogP contribution in [0.25, 0.3) is 0 Å². The van der Waals surface area contributed by atoms with Crippen LogP contribution in [0.1, 0.15) is 298 Å². The second kappa shape index (κ2) is 52.3. The van der Waals surface area contributed by atoms with E-state index >= 15 is 0 Å². The lowest BCUT2D eigenvalue weighted by atomic mass is 10.0. The molecular weight excluding hydrogens is 889 g/mol. The molecule has 0 spiro atoms. The lowest BCUT2D eigenvalue weighted by Crippen LogP contribution is -2.37. The number of ether oxygens (including phenoxy) is 4. The number of esters is 3. The average molecular weight is 1010 g/mol. The van der Waals surface area contributed by atoms with E-state index in [9.17, 15) is 19.2 Å². The van der Waals surface area contributed by atoms with Crippen molar-refractivity contribution in [1.82, 2.24) is 9.80 Å². The van der Waals surface area contributed by atoms with Crippen molar-refractivity contribution < 1.29 is 38.1 Å². The molecule has 0 atom stereocenters. The van der Waals surface area contributed by atoms with E-state index in [0.717, 1.165) is 167 Å². The Bertz CT molecular complexity index is 1160. The molecule has 0 heterocycles. The van der Waals surface area contributed by atoms with Crippen LogP contribution in [0.3, 0.4) is 0 Å². The van der Waals surface area contributed by atoms with E-state index in [1.807, 2.05) is 20.2 Å². The summed E-state index contributed by atoms with van der Waals surface area (Å²) in [7, 11) is 4.08. The minimum absolute atomic E-state index is 0.0261. The highest BCUT2D eigenvalue weighted by Crippen LogP contribution is 2.22. The van der Waals surface area contributed by atoms with Crippen molar-refractivity contribution in [3.05, 3.63) is 12.2 Å². The fourth-order valence-electron chi connectivity index (χ4n) is 9.27. The van der Waals surface area contributed by atoms with Crippen molar-refractivity contribution in [1.29, 1.82) is 0 Å². The third-order valence-corrected chi connectivity index (χ3v) is 13.7. The molecule has 0 N–H and O–H groups in total. The standard InChI is InChI=1S/C61H116N2O8/c1-8-13-18-31-42-55(43-32-19-14-9-2)69-59(65)48-37-29-25-23-27-35-46-57(71-61(67)63(53-41-51-62(6)7)52-40-50-58(64)68-54-39-22-17-12-5)47-36-28-24-26-30-38-49-60(66)70-56(44-33-20-15-10-3)45-34-21-16-11-4/h17,22,55-57H,8-16,18-21,23-54H2,1-7H3/b22-17-. The van der Waals surface area contributed by atoms with Crippen molar-refractivity contribution >= 4 is 24.0 Å². The van der Waals surface area contributed by atoms with Gasteiger partial charge in [-0.1, -0.05) is 175 Å². The molecule has 0 rings (SSSR count). The van der Waals surface area contributed by atoms with Gasteiger partial charge in [-0.25, -0.2) is 4.79 Å². The van der Waals surface area contributed by atoms with Gasteiger partial charge in [0.1, 0.15) is 18.3 Å². The summed E-state index contributed by atoms with van der Waals surface area (Å²) in [5, 5.41) is 0. The summed E-state index contributed by atoms with van der Waals surface area (Å²) < 4.78 is 23.8. The molecule has 0 radical (unpaired) electrons. The molecule has 0 aromatic rings. The van der Waals surface area contributed by atoms with Gasteiger partial charge in [0.15, 0.2) is 0 Å². The molecule has 71 heavy (non-hydrogen) atoms. The van der Waals surface area contributed by atoms with Crippen LogP contribution >= 0.6 is 0 Å². The van der Waals surface area contributed by atoms with E-state index in [4.69, 9.17) is 18.9 Å². The third-order valence-electron chi connectivity index (χ3n) is 13.7. The van der Waals surface area contributed by atoms with E-state index in [-0.39, 0.29) is 48.7 Å². The minimum Gasteiger partial charge on any atom is -0.465 e. The van der Waals surface area contributed by atoms with Crippen LogP contribution in [-0.2, 0) is 33.3 Å². The number of carbonyl (C=O) groups excluding carboxylic acids is 4. The Kier molecular flexibility index (Phi) is 50.3. The first kappa shape index (κ1) is 68.4. The van der Waals surface area contributed by atoms with Crippen molar-refractivity contribution in [2.75, 3.05) is 40.3 Å². The summed E-state index contributed by atoms with van der Waals surface area (Å²) in [6.45, 7) is 13.3. The fraction of sp³-hybridized carbons (Fsp3) is 0.902. The molecular formula is C61H116N2O8. The van der Waals surface area contributed by atoms with Gasteiger partial charge < -0.3 is 28.7 Å². The molecule has 0 saturated heterocycles. The van der Waals surface area contributed by atoms with Gasteiger partial charge in [-0.05, 0) is 136 Å². The van der Waals surface area contributed by atoms with E-state index in [2.05, 4.69) is 45.6 Å². The molecule has 1 amide bonds. The fourth-order valence-corrected chi connectivity index (χ4v) is 9.27. The zero-order valence-electron chi connectivity index (χ0n) is 47.9. The molecule has 0 unspecified atom stereocenters. The lowest BCUT2D eigenvalue weighted by molar-refractivity contribution is -0.151. The first-order valence-electron chi connectivity index (χ1n) is 30.4. The van der Waals surface area contributed by atoms with Crippen LogP contribution in [0.2, 0.25) is 0 Å². The molecule has 0 aromatic heterocycles. The predicted molar refractivity (Wildman–Crippen MR) is 298 cm³/mol. The highest BCUT2D eigenvalue weighted by Gasteiger charge is 2.21. The van der Waals surface area contributed by atoms with Gasteiger partial charge >= 0.3 is 24.0 Å². The van der Waals surface area contributed by atoms with Crippen molar-refractivity contribution in [3.8, 4) is 0 Å². The number of unbranched alkanes of at least 4 members (excludes halogenated alkanes) is 22. The number of hydrogen-bond donors (Lipinski definition) is 0. The van der Waals surface area contributed by atoms with Crippen LogP contribution < -0.4 is 0 Å². The maximum atomic E-state index is 13.8.